The van der Waals surface area contributed by atoms with Crippen LogP contribution in [0.2, 0.25) is 0 Å². The Morgan fingerprint density at radius 3 is 2.77 bits per heavy atom. The summed E-state index contributed by atoms with van der Waals surface area (Å²) in [6.07, 6.45) is 1.44. The van der Waals surface area contributed by atoms with Gasteiger partial charge >= 0.3 is 6.61 Å². The summed E-state index contributed by atoms with van der Waals surface area (Å²) >= 11 is 0. The van der Waals surface area contributed by atoms with Gasteiger partial charge in [-0.05, 0) is 31.2 Å². The molecule has 1 heterocycles. The van der Waals surface area contributed by atoms with Gasteiger partial charge in [-0.25, -0.2) is 4.98 Å². The monoisotopic (exact) mass is 355 g/mol. The lowest BCUT2D eigenvalue weighted by Crippen LogP contribution is -2.06. The summed E-state index contributed by atoms with van der Waals surface area (Å²) in [5.74, 6) is 0.412. The SMILES string of the molecule is CCOc1cccc(/C=C(\C#N)c2nc3ccccc3[nH]2)c1OC(F)F. The molecule has 5 nitrogen and oxygen atoms in total. The highest BCUT2D eigenvalue weighted by atomic mass is 19.3. The molecular weight excluding hydrogens is 340 g/mol. The van der Waals surface area contributed by atoms with Crippen LogP contribution >= 0.6 is 0 Å². The van der Waals surface area contributed by atoms with Gasteiger partial charge in [0.1, 0.15) is 11.9 Å². The number of benzene rings is 2. The molecule has 0 fully saturated rings. The first kappa shape index (κ1) is 17.4. The van der Waals surface area contributed by atoms with E-state index in [-0.39, 0.29) is 17.1 Å². The van der Waals surface area contributed by atoms with Gasteiger partial charge in [-0.3, -0.25) is 0 Å². The molecular formula is C19H15F2N3O2. The number of aromatic amines is 1. The molecule has 3 aromatic rings. The van der Waals surface area contributed by atoms with E-state index in [1.54, 1.807) is 19.1 Å². The number of nitrogens with zero attached hydrogens (tertiary/aromatic N) is 2. The van der Waals surface area contributed by atoms with E-state index in [1.807, 2.05) is 30.3 Å². The number of hydrogen-bond acceptors (Lipinski definition) is 4. The minimum Gasteiger partial charge on any atom is -0.490 e. The third kappa shape index (κ3) is 3.64. The summed E-state index contributed by atoms with van der Waals surface area (Å²) in [7, 11) is 0. The smallest absolute Gasteiger partial charge is 0.387 e. The van der Waals surface area contributed by atoms with Gasteiger partial charge in [0, 0.05) is 5.56 Å². The Hall–Kier alpha value is -3.40. The van der Waals surface area contributed by atoms with E-state index in [2.05, 4.69) is 14.7 Å². The minimum atomic E-state index is -3.01. The predicted octanol–water partition coefficient (Wildman–Crippen LogP) is 4.63. The number of alkyl halides is 2. The quantitative estimate of drug-likeness (QED) is 0.655. The largest absolute Gasteiger partial charge is 0.490 e. The number of halogens is 2. The molecule has 0 amide bonds. The Morgan fingerprint density at radius 1 is 1.27 bits per heavy atom. The number of allylic oxidation sites excluding steroid dienone is 1. The molecule has 0 aliphatic carbocycles. The van der Waals surface area contributed by atoms with Gasteiger partial charge in [0.25, 0.3) is 0 Å². The fraction of sp³-hybridized carbons (Fsp3) is 0.158. The van der Waals surface area contributed by atoms with Crippen molar-refractivity contribution in [3.05, 3.63) is 53.9 Å². The zero-order valence-corrected chi connectivity index (χ0v) is 13.9. The second-order valence-electron chi connectivity index (χ2n) is 5.26. The van der Waals surface area contributed by atoms with E-state index in [4.69, 9.17) is 4.74 Å². The Labute approximate surface area is 148 Å². The van der Waals surface area contributed by atoms with Crippen molar-refractivity contribution >= 4 is 22.7 Å². The number of fused-ring (bicyclic) bond motifs is 1. The number of nitrogens with one attached hydrogen (secondary N) is 1. The number of para-hydroxylation sites is 3. The van der Waals surface area contributed by atoms with Crippen LogP contribution in [0.3, 0.4) is 0 Å². The average molecular weight is 355 g/mol. The van der Waals surface area contributed by atoms with Gasteiger partial charge < -0.3 is 14.5 Å². The fourth-order valence-corrected chi connectivity index (χ4v) is 2.52. The lowest BCUT2D eigenvalue weighted by atomic mass is 10.1. The van der Waals surface area contributed by atoms with Crippen molar-refractivity contribution in [2.45, 2.75) is 13.5 Å². The van der Waals surface area contributed by atoms with Crippen LogP contribution in [0.4, 0.5) is 8.78 Å². The highest BCUT2D eigenvalue weighted by molar-refractivity contribution is 5.91. The van der Waals surface area contributed by atoms with E-state index >= 15 is 0 Å². The van der Waals surface area contributed by atoms with Crippen LogP contribution in [-0.2, 0) is 0 Å². The minimum absolute atomic E-state index is 0.117. The maximum Gasteiger partial charge on any atom is 0.387 e. The summed E-state index contributed by atoms with van der Waals surface area (Å²) in [4.78, 5) is 7.41. The molecule has 0 aliphatic rings. The highest BCUT2D eigenvalue weighted by Gasteiger charge is 2.16. The molecule has 132 valence electrons. The van der Waals surface area contributed by atoms with Crippen molar-refractivity contribution in [3.63, 3.8) is 0 Å². The average Bonchev–Trinajstić information content (AvgIpc) is 3.05. The van der Waals surface area contributed by atoms with Gasteiger partial charge in [-0.1, -0.05) is 24.3 Å². The summed E-state index contributed by atoms with van der Waals surface area (Å²) in [5.41, 5.74) is 1.97. The summed E-state index contributed by atoms with van der Waals surface area (Å²) in [6.45, 7) is -0.980. The summed E-state index contributed by atoms with van der Waals surface area (Å²) in [5, 5.41) is 9.51. The van der Waals surface area contributed by atoms with Gasteiger partial charge in [0.05, 0.1) is 23.2 Å². The van der Waals surface area contributed by atoms with Crippen molar-refractivity contribution in [1.29, 1.82) is 5.26 Å². The molecule has 0 saturated heterocycles. The van der Waals surface area contributed by atoms with E-state index in [0.717, 1.165) is 5.52 Å². The second kappa shape index (κ2) is 7.66. The molecule has 3 rings (SSSR count). The van der Waals surface area contributed by atoms with Crippen molar-refractivity contribution < 1.29 is 18.3 Å². The van der Waals surface area contributed by atoms with Crippen molar-refractivity contribution in [2.75, 3.05) is 6.61 Å². The van der Waals surface area contributed by atoms with Crippen LogP contribution in [0.1, 0.15) is 18.3 Å². The first-order valence-corrected chi connectivity index (χ1v) is 7.90. The number of hydrogen-bond donors (Lipinski definition) is 1. The standard InChI is InChI=1S/C19H15F2N3O2/c1-2-25-16-9-5-6-12(17(16)26-19(20)21)10-13(11-22)18-23-14-7-3-4-8-15(14)24-18/h3-10,19H,2H2,1H3,(H,23,24)/b13-10+. The summed E-state index contributed by atoms with van der Waals surface area (Å²) < 4.78 is 35.6. The molecule has 0 spiro atoms. The van der Waals surface area contributed by atoms with E-state index < -0.39 is 6.61 Å². The number of aromatic nitrogens is 2. The highest BCUT2D eigenvalue weighted by Crippen LogP contribution is 2.35. The van der Waals surface area contributed by atoms with Gasteiger partial charge in [-0.2, -0.15) is 14.0 Å². The van der Waals surface area contributed by atoms with Crippen molar-refractivity contribution in [1.82, 2.24) is 9.97 Å². The predicted molar refractivity (Wildman–Crippen MR) is 93.8 cm³/mol. The number of H-pyrrole nitrogens is 1. The zero-order valence-electron chi connectivity index (χ0n) is 13.9. The molecule has 1 aromatic heterocycles. The summed E-state index contributed by atoms with van der Waals surface area (Å²) in [6, 6.07) is 14.1. The molecule has 0 radical (unpaired) electrons. The molecule has 7 heteroatoms. The first-order chi connectivity index (χ1) is 12.6. The Balaban J connectivity index is 2.08. The molecule has 0 bridgehead atoms. The Kier molecular flexibility index (Phi) is 5.13. The molecule has 0 unspecified atom stereocenters. The maximum atomic E-state index is 12.8. The molecule has 2 aromatic carbocycles. The Morgan fingerprint density at radius 2 is 2.08 bits per heavy atom. The maximum absolute atomic E-state index is 12.8. The molecule has 26 heavy (non-hydrogen) atoms. The third-order valence-corrected chi connectivity index (χ3v) is 3.58. The van der Waals surface area contributed by atoms with Crippen LogP contribution in [0.15, 0.2) is 42.5 Å². The Bertz CT molecular complexity index is 957. The van der Waals surface area contributed by atoms with Gasteiger partial charge in [0.2, 0.25) is 0 Å². The van der Waals surface area contributed by atoms with Crippen LogP contribution in [0.25, 0.3) is 22.7 Å². The lowest BCUT2D eigenvalue weighted by molar-refractivity contribution is -0.0515. The number of rotatable bonds is 6. The van der Waals surface area contributed by atoms with Crippen LogP contribution in [-0.4, -0.2) is 23.2 Å². The molecule has 0 saturated carbocycles. The topological polar surface area (TPSA) is 70.9 Å². The van der Waals surface area contributed by atoms with Crippen LogP contribution < -0.4 is 9.47 Å². The molecule has 0 atom stereocenters. The normalized spacial score (nSPS) is 11.6. The number of imidazole rings is 1. The zero-order chi connectivity index (χ0) is 18.5. The lowest BCUT2D eigenvalue weighted by Gasteiger charge is -2.13. The van der Waals surface area contributed by atoms with E-state index in [1.165, 1.54) is 12.1 Å². The van der Waals surface area contributed by atoms with Crippen molar-refractivity contribution in [3.8, 4) is 17.6 Å². The van der Waals surface area contributed by atoms with E-state index in [0.29, 0.717) is 23.5 Å². The molecule has 1 N–H and O–H groups in total. The molecule has 0 aliphatic heterocycles. The number of nitriles is 1. The van der Waals surface area contributed by atoms with Gasteiger partial charge in [0.15, 0.2) is 11.5 Å². The van der Waals surface area contributed by atoms with Crippen LogP contribution in [0, 0.1) is 11.3 Å². The second-order valence-corrected chi connectivity index (χ2v) is 5.26. The number of ether oxygens (including phenoxy) is 2. The fourth-order valence-electron chi connectivity index (χ4n) is 2.52. The van der Waals surface area contributed by atoms with Crippen molar-refractivity contribution in [2.24, 2.45) is 0 Å². The van der Waals surface area contributed by atoms with E-state index in [9.17, 15) is 14.0 Å². The van der Waals surface area contributed by atoms with Gasteiger partial charge in [-0.15, -0.1) is 0 Å². The first-order valence-electron chi connectivity index (χ1n) is 7.90. The third-order valence-electron chi connectivity index (χ3n) is 3.58. The van der Waals surface area contributed by atoms with Crippen LogP contribution in [0.5, 0.6) is 11.5 Å².